The molecule has 2 unspecified atom stereocenters. The zero-order chi connectivity index (χ0) is 13.1. The van der Waals surface area contributed by atoms with Gasteiger partial charge in [0.15, 0.2) is 18.8 Å². The average Bonchev–Trinajstić information content (AvgIpc) is 2.26. The maximum absolute atomic E-state index is 10.1. The lowest BCUT2D eigenvalue weighted by Crippen LogP contribution is -2.45. The molecule has 1 aromatic rings. The number of benzene rings is 1. The quantitative estimate of drug-likeness (QED) is 0.378. The minimum atomic E-state index is -0.612. The molecular weight excluding hydrogens is 260 g/mol. The van der Waals surface area contributed by atoms with Crippen molar-refractivity contribution in [3.63, 3.8) is 0 Å². The summed E-state index contributed by atoms with van der Waals surface area (Å²) < 4.78 is 3.90. The minimum absolute atomic E-state index is 0.214. The highest BCUT2D eigenvalue weighted by Crippen LogP contribution is 2.26. The number of quaternary nitrogens is 2. The predicted octanol–water partition coefficient (Wildman–Crippen LogP) is 1.92. The highest BCUT2D eigenvalue weighted by atomic mass is 32.1. The second kappa shape index (κ2) is 5.47. The molecule has 1 rings (SSSR count). The van der Waals surface area contributed by atoms with E-state index in [0.29, 0.717) is 11.4 Å². The summed E-state index contributed by atoms with van der Waals surface area (Å²) in [5, 5.41) is 19.6. The van der Waals surface area contributed by atoms with E-state index >= 15 is 0 Å². The van der Waals surface area contributed by atoms with Crippen LogP contribution in [0.15, 0.2) is 24.3 Å². The Balaban J connectivity index is 2.74. The van der Waals surface area contributed by atoms with Crippen molar-refractivity contribution >= 4 is 31.3 Å². The standard InChI is InChI=1S/C10H18N2O3S2/c1-11(13,16)7-8-12(14,17)9-3-5-10(15-2)6-4-9/h3-6,13-14,16-17H,7-8H2,1-2H3/q+2. The van der Waals surface area contributed by atoms with Gasteiger partial charge in [-0.2, -0.15) is 5.21 Å². The molecule has 0 aliphatic carbocycles. The molecule has 7 heteroatoms. The second-order valence-corrected chi connectivity index (χ2v) is 5.49. The lowest BCUT2D eigenvalue weighted by atomic mass is 10.3. The van der Waals surface area contributed by atoms with Gasteiger partial charge in [-0.15, -0.1) is 4.05 Å². The van der Waals surface area contributed by atoms with Crippen molar-refractivity contribution in [2.24, 2.45) is 0 Å². The van der Waals surface area contributed by atoms with E-state index in [2.05, 4.69) is 25.6 Å². The summed E-state index contributed by atoms with van der Waals surface area (Å²) in [4.78, 5) is 0. The molecule has 0 fully saturated rings. The number of methoxy groups -OCH3 is 1. The first-order chi connectivity index (χ1) is 7.74. The van der Waals surface area contributed by atoms with Crippen LogP contribution in [0.1, 0.15) is 0 Å². The molecule has 0 bridgehead atoms. The monoisotopic (exact) mass is 278 g/mol. The summed E-state index contributed by atoms with van der Waals surface area (Å²) in [6.07, 6.45) is 0. The third-order valence-corrected chi connectivity index (χ3v) is 2.95. The fourth-order valence-electron chi connectivity index (χ4n) is 1.28. The van der Waals surface area contributed by atoms with Gasteiger partial charge >= 0.3 is 0 Å². The van der Waals surface area contributed by atoms with E-state index in [-0.39, 0.29) is 13.1 Å². The van der Waals surface area contributed by atoms with E-state index < -0.39 is 8.10 Å². The third kappa shape index (κ3) is 4.74. The number of thiol groups is 2. The first-order valence-corrected chi connectivity index (χ1v) is 5.84. The topological polar surface area (TPSA) is 49.7 Å². The molecule has 17 heavy (non-hydrogen) atoms. The zero-order valence-corrected chi connectivity index (χ0v) is 11.6. The molecule has 0 aliphatic rings. The normalized spacial score (nSPS) is 18.2. The molecule has 0 heterocycles. The number of hydroxylamine groups is 3. The van der Waals surface area contributed by atoms with E-state index in [1.165, 1.54) is 7.05 Å². The van der Waals surface area contributed by atoms with E-state index in [0.717, 1.165) is 0 Å². The van der Waals surface area contributed by atoms with Crippen molar-refractivity contribution in [2.75, 3.05) is 27.2 Å². The van der Waals surface area contributed by atoms with Crippen molar-refractivity contribution in [1.82, 2.24) is 4.05 Å². The Morgan fingerprint density at radius 1 is 1.12 bits per heavy atom. The van der Waals surface area contributed by atoms with Gasteiger partial charge in [0.1, 0.15) is 12.8 Å². The molecule has 2 N–H and O–H groups in total. The molecule has 0 saturated carbocycles. The molecule has 0 aromatic heterocycles. The molecule has 0 spiro atoms. The van der Waals surface area contributed by atoms with Crippen molar-refractivity contribution in [3.05, 3.63) is 24.3 Å². The van der Waals surface area contributed by atoms with E-state index in [9.17, 15) is 10.4 Å². The van der Waals surface area contributed by atoms with E-state index in [4.69, 9.17) is 4.74 Å². The first-order valence-electron chi connectivity index (χ1n) is 5.04. The van der Waals surface area contributed by atoms with Gasteiger partial charge in [0.2, 0.25) is 0 Å². The van der Waals surface area contributed by atoms with E-state index in [1.807, 2.05) is 0 Å². The van der Waals surface area contributed by atoms with Gasteiger partial charge in [-0.05, 0) is 12.1 Å². The predicted molar refractivity (Wildman–Crippen MR) is 72.3 cm³/mol. The van der Waals surface area contributed by atoms with Crippen LogP contribution in [0.25, 0.3) is 0 Å². The summed E-state index contributed by atoms with van der Waals surface area (Å²) in [7, 11) is 3.08. The minimum Gasteiger partial charge on any atom is -0.497 e. The summed E-state index contributed by atoms with van der Waals surface area (Å²) >= 11 is 8.08. The number of ether oxygens (including phenoxy) is 1. The SMILES string of the molecule is COc1ccc([N+](O)(S)CC[N+](C)(O)S)cc1. The van der Waals surface area contributed by atoms with Crippen LogP contribution < -0.4 is 8.79 Å². The van der Waals surface area contributed by atoms with E-state index in [1.54, 1.807) is 31.4 Å². The molecule has 96 valence electrons. The zero-order valence-electron chi connectivity index (χ0n) is 9.82. The lowest BCUT2D eigenvalue weighted by molar-refractivity contribution is -0.973. The van der Waals surface area contributed by atoms with Crippen LogP contribution in [0.5, 0.6) is 5.75 Å². The third-order valence-electron chi connectivity index (χ3n) is 2.32. The number of likely N-dealkylation sites (N-methyl/N-ethyl adjacent to an activating group) is 1. The Morgan fingerprint density at radius 2 is 1.65 bits per heavy atom. The molecule has 0 saturated heterocycles. The Kier molecular flexibility index (Phi) is 4.70. The Hall–Kier alpha value is -0.440. The summed E-state index contributed by atoms with van der Waals surface area (Å²) in [6, 6.07) is 6.91. The number of hydrogen-bond acceptors (Lipinski definition) is 5. The number of rotatable bonds is 5. The highest BCUT2D eigenvalue weighted by Gasteiger charge is 2.29. The van der Waals surface area contributed by atoms with Crippen LogP contribution in [0.2, 0.25) is 0 Å². The Bertz CT molecular complexity index is 363. The summed E-state index contributed by atoms with van der Waals surface area (Å²) in [5.41, 5.74) is 0.593. The fourth-order valence-corrected chi connectivity index (χ4v) is 1.59. The average molecular weight is 278 g/mol. The maximum atomic E-state index is 10.1. The molecule has 5 nitrogen and oxygen atoms in total. The highest BCUT2D eigenvalue weighted by molar-refractivity contribution is 7.79. The van der Waals surface area contributed by atoms with Gasteiger partial charge in [0.05, 0.1) is 32.7 Å². The number of nitrogens with zero attached hydrogens (tertiary/aromatic N) is 2. The van der Waals surface area contributed by atoms with Gasteiger partial charge in [-0.25, -0.2) is 5.21 Å². The molecular formula is C10H18N2O3S2+2. The lowest BCUT2D eigenvalue weighted by Gasteiger charge is -2.24. The molecule has 0 radical (unpaired) electrons. The molecule has 1 aromatic carbocycles. The molecule has 0 aliphatic heterocycles. The fraction of sp³-hybridized carbons (Fsp3) is 0.400. The maximum Gasteiger partial charge on any atom is 0.178 e. The van der Waals surface area contributed by atoms with Gasteiger partial charge in [0, 0.05) is 12.1 Å². The van der Waals surface area contributed by atoms with Crippen molar-refractivity contribution in [3.8, 4) is 5.75 Å². The largest absolute Gasteiger partial charge is 0.497 e. The van der Waals surface area contributed by atoms with Crippen molar-refractivity contribution < 1.29 is 19.2 Å². The van der Waals surface area contributed by atoms with Crippen LogP contribution in [0.3, 0.4) is 0 Å². The van der Waals surface area contributed by atoms with Crippen LogP contribution in [-0.2, 0) is 0 Å². The smallest absolute Gasteiger partial charge is 0.178 e. The Morgan fingerprint density at radius 3 is 2.06 bits per heavy atom. The molecule has 0 amide bonds. The summed E-state index contributed by atoms with van der Waals surface area (Å²) in [5.74, 6) is 0.707. The van der Waals surface area contributed by atoms with Gasteiger partial charge in [-0.3, -0.25) is 0 Å². The van der Waals surface area contributed by atoms with Crippen molar-refractivity contribution in [1.29, 1.82) is 0 Å². The van der Waals surface area contributed by atoms with Crippen molar-refractivity contribution in [2.45, 2.75) is 0 Å². The number of hydrogen-bond donors (Lipinski definition) is 4. The van der Waals surface area contributed by atoms with Gasteiger partial charge in [0.25, 0.3) is 0 Å². The Labute approximate surface area is 112 Å². The first kappa shape index (κ1) is 14.6. The van der Waals surface area contributed by atoms with Gasteiger partial charge < -0.3 is 4.74 Å². The molecule has 2 atom stereocenters. The van der Waals surface area contributed by atoms with Gasteiger partial charge in [-0.1, -0.05) is 4.05 Å². The van der Waals surface area contributed by atoms with Crippen LogP contribution in [-0.4, -0.2) is 41.7 Å². The second-order valence-electron chi connectivity index (χ2n) is 3.96. The van der Waals surface area contributed by atoms with Crippen LogP contribution >= 0.6 is 25.6 Å². The summed E-state index contributed by atoms with van der Waals surface area (Å²) in [6.45, 7) is 0.459. The van der Waals surface area contributed by atoms with Crippen LogP contribution in [0.4, 0.5) is 5.69 Å². The van der Waals surface area contributed by atoms with Crippen LogP contribution in [0, 0.1) is 0 Å².